The van der Waals surface area contributed by atoms with E-state index in [0.29, 0.717) is 0 Å². The summed E-state index contributed by atoms with van der Waals surface area (Å²) in [6.45, 7) is 0. The van der Waals surface area contributed by atoms with E-state index in [0.717, 1.165) is 17.1 Å². The minimum absolute atomic E-state index is 1.14. The van der Waals surface area contributed by atoms with E-state index in [1.807, 2.05) is 23.1 Å². The van der Waals surface area contributed by atoms with Crippen molar-refractivity contribution in [3.8, 4) is 11.1 Å². The highest BCUT2D eigenvalue weighted by Crippen LogP contribution is 2.54. The van der Waals surface area contributed by atoms with Crippen LogP contribution in [-0.2, 0) is 0 Å². The second-order valence-electron chi connectivity index (χ2n) is 17.3. The van der Waals surface area contributed by atoms with Gasteiger partial charge in [0, 0.05) is 68.6 Å². The van der Waals surface area contributed by atoms with E-state index in [-0.39, 0.29) is 0 Å². The van der Waals surface area contributed by atoms with Crippen LogP contribution in [0.25, 0.3) is 85.2 Å². The third-order valence-electron chi connectivity index (χ3n) is 13.5. The van der Waals surface area contributed by atoms with Crippen LogP contribution in [0.15, 0.2) is 240 Å². The average Bonchev–Trinajstić information content (AvgIpc) is 3.73. The largest absolute Gasteiger partial charge is 0.310 e. The summed E-state index contributed by atoms with van der Waals surface area (Å²) < 4.78 is 2.58. The third-order valence-corrected chi connectivity index (χ3v) is 15.8. The van der Waals surface area contributed by atoms with Crippen molar-refractivity contribution in [3.05, 3.63) is 231 Å². The van der Waals surface area contributed by atoms with E-state index in [4.69, 9.17) is 0 Å². The fraction of sp³-hybridized carbons (Fsp3) is 0. The van der Waals surface area contributed by atoms with Gasteiger partial charge in [0.2, 0.25) is 0 Å². The number of fused-ring (bicyclic) bond motifs is 9. The number of anilines is 6. The van der Waals surface area contributed by atoms with E-state index in [1.54, 1.807) is 0 Å². The average molecular weight is 875 g/mol. The molecule has 0 fully saturated rings. The van der Waals surface area contributed by atoms with Gasteiger partial charge in [-0.2, -0.15) is 0 Å². The lowest BCUT2D eigenvalue weighted by atomic mass is 9.94. The Bertz CT molecular complexity index is 4120. The Kier molecular flexibility index (Phi) is 8.42. The summed E-state index contributed by atoms with van der Waals surface area (Å²) >= 11 is 3.79. The van der Waals surface area contributed by atoms with Gasteiger partial charge in [-0.3, -0.25) is 0 Å². The molecule has 0 saturated heterocycles. The van der Waals surface area contributed by atoms with Crippen LogP contribution >= 0.6 is 23.1 Å². The Morgan fingerprint density at radius 1 is 0.273 bits per heavy atom. The van der Waals surface area contributed by atoms with Gasteiger partial charge in [0.05, 0.1) is 17.1 Å². The van der Waals surface area contributed by atoms with Crippen LogP contribution in [0.5, 0.6) is 0 Å². The molecule has 12 aromatic carbocycles. The Labute approximate surface area is 390 Å². The summed E-state index contributed by atoms with van der Waals surface area (Å²) in [5.74, 6) is 0. The predicted octanol–water partition coefficient (Wildman–Crippen LogP) is 18.9. The first-order chi connectivity index (χ1) is 32.7. The summed E-state index contributed by atoms with van der Waals surface area (Å²) in [6, 6.07) is 85.3. The van der Waals surface area contributed by atoms with Gasteiger partial charge in [-0.25, -0.2) is 0 Å². The van der Waals surface area contributed by atoms with Gasteiger partial charge in [0.1, 0.15) is 0 Å². The van der Waals surface area contributed by atoms with E-state index in [1.165, 1.54) is 112 Å². The molecule has 1 aliphatic heterocycles. The first-order valence-electron chi connectivity index (χ1n) is 22.5. The quantitative estimate of drug-likeness (QED) is 0.164. The van der Waals surface area contributed by atoms with Crippen LogP contribution in [0.4, 0.5) is 34.1 Å². The summed E-state index contributed by atoms with van der Waals surface area (Å²) in [6.07, 6.45) is 0. The molecule has 4 heteroatoms. The Hall–Kier alpha value is -7.89. The molecule has 0 atom stereocenters. The summed E-state index contributed by atoms with van der Waals surface area (Å²) in [5.41, 5.74) is 9.51. The Balaban J connectivity index is 0.928. The zero-order valence-electron chi connectivity index (χ0n) is 35.7. The predicted molar refractivity (Wildman–Crippen MR) is 286 cm³/mol. The van der Waals surface area contributed by atoms with Crippen LogP contribution in [0.3, 0.4) is 0 Å². The first kappa shape index (κ1) is 37.5. The summed E-state index contributed by atoms with van der Waals surface area (Å²) in [5, 5.41) is 15.0. The number of hydrogen-bond acceptors (Lipinski definition) is 4. The number of nitrogens with zero attached hydrogens (tertiary/aromatic N) is 2. The molecule has 308 valence electrons. The molecule has 0 amide bonds. The molecule has 0 spiro atoms. The van der Waals surface area contributed by atoms with Crippen molar-refractivity contribution in [2.24, 2.45) is 0 Å². The van der Waals surface area contributed by atoms with E-state index < -0.39 is 0 Å². The number of benzene rings is 12. The lowest BCUT2D eigenvalue weighted by Crippen LogP contribution is -2.11. The Morgan fingerprint density at radius 2 is 0.788 bits per heavy atom. The zero-order chi connectivity index (χ0) is 43.3. The lowest BCUT2D eigenvalue weighted by Gasteiger charge is -2.30. The van der Waals surface area contributed by atoms with E-state index >= 15 is 0 Å². The molecule has 0 bridgehead atoms. The number of thiophene rings is 1. The first-order valence-corrected chi connectivity index (χ1v) is 24.1. The van der Waals surface area contributed by atoms with Gasteiger partial charge >= 0.3 is 0 Å². The van der Waals surface area contributed by atoms with Crippen LogP contribution in [0, 0.1) is 0 Å². The molecule has 0 aliphatic carbocycles. The van der Waals surface area contributed by atoms with Crippen molar-refractivity contribution < 1.29 is 0 Å². The Morgan fingerprint density at radius 3 is 1.48 bits per heavy atom. The fourth-order valence-electron chi connectivity index (χ4n) is 10.5. The maximum atomic E-state index is 2.48. The molecule has 0 saturated carbocycles. The van der Waals surface area contributed by atoms with Crippen molar-refractivity contribution >= 4 is 131 Å². The molecule has 0 radical (unpaired) electrons. The normalized spacial score (nSPS) is 12.2. The highest BCUT2D eigenvalue weighted by molar-refractivity contribution is 7.99. The van der Waals surface area contributed by atoms with Gasteiger partial charge in [0.25, 0.3) is 0 Å². The minimum Gasteiger partial charge on any atom is -0.310 e. The van der Waals surface area contributed by atoms with E-state index in [2.05, 4.69) is 240 Å². The second kappa shape index (κ2) is 14.8. The molecular formula is C62H38N2S2. The van der Waals surface area contributed by atoms with E-state index in [9.17, 15) is 0 Å². The van der Waals surface area contributed by atoms with Crippen molar-refractivity contribution in [1.29, 1.82) is 0 Å². The van der Waals surface area contributed by atoms with Crippen molar-refractivity contribution in [3.63, 3.8) is 0 Å². The molecule has 13 aromatic rings. The van der Waals surface area contributed by atoms with Crippen LogP contribution in [0.1, 0.15) is 0 Å². The molecule has 2 heterocycles. The number of rotatable bonds is 6. The molecule has 0 unspecified atom stereocenters. The lowest BCUT2D eigenvalue weighted by molar-refractivity contribution is 1.31. The molecule has 0 N–H and O–H groups in total. The SMILES string of the molecule is c1ccc2cc(N(c3ccc4c(c3)sc3cc5c(cc34)Sc3cccc4c(N(c6ccc7ccccc7c6)c6cccc7ccccc67)ccc-5c34)c3cccc4ccccc34)ccc2c1. The van der Waals surface area contributed by atoms with Crippen molar-refractivity contribution in [2.75, 3.05) is 9.80 Å². The van der Waals surface area contributed by atoms with Crippen molar-refractivity contribution in [2.45, 2.75) is 9.79 Å². The topological polar surface area (TPSA) is 6.48 Å². The van der Waals surface area contributed by atoms with Crippen LogP contribution < -0.4 is 9.80 Å². The maximum Gasteiger partial charge on any atom is 0.0541 e. The highest BCUT2D eigenvalue weighted by Gasteiger charge is 2.26. The van der Waals surface area contributed by atoms with Crippen molar-refractivity contribution in [1.82, 2.24) is 0 Å². The monoisotopic (exact) mass is 874 g/mol. The molecular weight excluding hydrogens is 837 g/mol. The van der Waals surface area contributed by atoms with Gasteiger partial charge in [-0.15, -0.1) is 11.3 Å². The molecule has 14 rings (SSSR count). The minimum atomic E-state index is 1.14. The van der Waals surface area contributed by atoms with Gasteiger partial charge in [-0.1, -0.05) is 169 Å². The number of hydrogen-bond donors (Lipinski definition) is 0. The van der Waals surface area contributed by atoms with Crippen LogP contribution in [0.2, 0.25) is 0 Å². The summed E-state index contributed by atoms with van der Waals surface area (Å²) in [7, 11) is 0. The second-order valence-corrected chi connectivity index (χ2v) is 19.4. The van der Waals surface area contributed by atoms with Gasteiger partial charge in [-0.05, 0) is 116 Å². The molecule has 66 heavy (non-hydrogen) atoms. The fourth-order valence-corrected chi connectivity index (χ4v) is 12.8. The summed E-state index contributed by atoms with van der Waals surface area (Å²) in [4.78, 5) is 7.50. The smallest absolute Gasteiger partial charge is 0.0541 e. The van der Waals surface area contributed by atoms with Gasteiger partial charge < -0.3 is 9.80 Å². The maximum absolute atomic E-state index is 2.48. The van der Waals surface area contributed by atoms with Gasteiger partial charge in [0.15, 0.2) is 0 Å². The zero-order valence-corrected chi connectivity index (χ0v) is 37.3. The molecule has 1 aromatic heterocycles. The highest BCUT2D eigenvalue weighted by atomic mass is 32.2. The van der Waals surface area contributed by atoms with Crippen LogP contribution in [-0.4, -0.2) is 0 Å². The molecule has 1 aliphatic rings. The molecule has 2 nitrogen and oxygen atoms in total. The third kappa shape index (κ3) is 5.89. The standard InChI is InChI=1S/C62H38N2S2/c1-3-16-43-34-45(28-26-39(43)12-1)63(55-23-9-18-41-14-5-7-20-48(41)55)47-30-31-50-53-37-61-54(38-60(53)66-59(50)36-47)51-32-33-57(52-22-11-25-58(65-61)62(51)52)64(46-29-27-40-13-2-4-17-44(40)35-46)56-24-10-19-42-15-6-8-21-49(42)56/h1-38H.